The van der Waals surface area contributed by atoms with E-state index in [2.05, 4.69) is 22.2 Å². The van der Waals surface area contributed by atoms with Crippen molar-refractivity contribution in [2.24, 2.45) is 0 Å². The third-order valence-electron chi connectivity index (χ3n) is 3.10. The Morgan fingerprint density at radius 1 is 1.10 bits per heavy atom. The molecule has 4 heteroatoms. The first-order valence-corrected chi connectivity index (χ1v) is 6.27. The van der Waals surface area contributed by atoms with Crippen LogP contribution in [0.15, 0.2) is 61.2 Å². The first-order chi connectivity index (χ1) is 9.86. The fourth-order valence-electron chi connectivity index (χ4n) is 2.17. The number of nitriles is 1. The molecule has 0 aliphatic heterocycles. The van der Waals surface area contributed by atoms with Crippen LogP contribution < -0.4 is 0 Å². The first-order valence-electron chi connectivity index (χ1n) is 6.27. The van der Waals surface area contributed by atoms with Gasteiger partial charge in [0.1, 0.15) is 12.7 Å². The summed E-state index contributed by atoms with van der Waals surface area (Å²) in [6, 6.07) is 18.0. The molecule has 0 spiro atoms. The van der Waals surface area contributed by atoms with Crippen LogP contribution in [0.3, 0.4) is 0 Å². The second kappa shape index (κ2) is 5.37. The molecule has 0 fully saturated rings. The SMILES string of the molecule is N#Cc1ccccc1-c1cccc(Cn2cncn2)c1. The standard InChI is InChI=1S/C16H12N4/c17-9-15-5-1-2-7-16(15)14-6-3-4-13(8-14)10-20-12-18-11-19-20/h1-8,11-12H,10H2. The summed E-state index contributed by atoms with van der Waals surface area (Å²) in [4.78, 5) is 3.94. The number of hydrogen-bond acceptors (Lipinski definition) is 3. The lowest BCUT2D eigenvalue weighted by Gasteiger charge is -2.07. The van der Waals surface area contributed by atoms with E-state index in [0.717, 1.165) is 16.7 Å². The van der Waals surface area contributed by atoms with Crippen molar-refractivity contribution in [2.75, 3.05) is 0 Å². The van der Waals surface area contributed by atoms with Crippen molar-refractivity contribution in [3.8, 4) is 17.2 Å². The Bertz CT molecular complexity index is 754. The molecule has 0 amide bonds. The molecule has 0 saturated heterocycles. The minimum absolute atomic E-state index is 0.669. The number of nitrogens with zero attached hydrogens (tertiary/aromatic N) is 4. The molecule has 0 aliphatic rings. The van der Waals surface area contributed by atoms with Crippen LogP contribution in [0.2, 0.25) is 0 Å². The number of aromatic nitrogens is 3. The van der Waals surface area contributed by atoms with Gasteiger partial charge in [0.25, 0.3) is 0 Å². The van der Waals surface area contributed by atoms with E-state index < -0.39 is 0 Å². The van der Waals surface area contributed by atoms with Crippen LogP contribution in [0.5, 0.6) is 0 Å². The topological polar surface area (TPSA) is 54.5 Å². The molecule has 4 nitrogen and oxygen atoms in total. The number of hydrogen-bond donors (Lipinski definition) is 0. The molecule has 0 aliphatic carbocycles. The van der Waals surface area contributed by atoms with Gasteiger partial charge in [0.15, 0.2) is 0 Å². The molecule has 1 aromatic heterocycles. The molecule has 0 radical (unpaired) electrons. The predicted molar refractivity (Wildman–Crippen MR) is 75.7 cm³/mol. The van der Waals surface area contributed by atoms with E-state index in [9.17, 15) is 5.26 Å². The molecule has 1 heterocycles. The van der Waals surface area contributed by atoms with Crippen molar-refractivity contribution < 1.29 is 0 Å². The normalized spacial score (nSPS) is 10.2. The average Bonchev–Trinajstić information content (AvgIpc) is 3.00. The van der Waals surface area contributed by atoms with Gasteiger partial charge in [-0.3, -0.25) is 0 Å². The van der Waals surface area contributed by atoms with Crippen LogP contribution >= 0.6 is 0 Å². The van der Waals surface area contributed by atoms with Crippen molar-refractivity contribution in [3.63, 3.8) is 0 Å². The van der Waals surface area contributed by atoms with Gasteiger partial charge in [0, 0.05) is 0 Å². The van der Waals surface area contributed by atoms with E-state index in [-0.39, 0.29) is 0 Å². The molecular weight excluding hydrogens is 248 g/mol. The van der Waals surface area contributed by atoms with Crippen LogP contribution in [-0.4, -0.2) is 14.8 Å². The summed E-state index contributed by atoms with van der Waals surface area (Å²) >= 11 is 0. The maximum absolute atomic E-state index is 9.18. The summed E-state index contributed by atoms with van der Waals surface area (Å²) in [6.45, 7) is 0.669. The lowest BCUT2D eigenvalue weighted by atomic mass is 9.99. The van der Waals surface area contributed by atoms with Crippen molar-refractivity contribution >= 4 is 0 Å². The molecule has 0 N–H and O–H groups in total. The maximum Gasteiger partial charge on any atom is 0.137 e. The van der Waals surface area contributed by atoms with E-state index in [4.69, 9.17) is 0 Å². The maximum atomic E-state index is 9.18. The lowest BCUT2D eigenvalue weighted by molar-refractivity contribution is 0.685. The van der Waals surface area contributed by atoms with Crippen LogP contribution in [0, 0.1) is 11.3 Å². The zero-order valence-electron chi connectivity index (χ0n) is 10.8. The first kappa shape index (κ1) is 12.1. The van der Waals surface area contributed by atoms with E-state index in [1.165, 1.54) is 6.33 Å². The van der Waals surface area contributed by atoms with Gasteiger partial charge in [-0.15, -0.1) is 0 Å². The Morgan fingerprint density at radius 2 is 2.00 bits per heavy atom. The summed E-state index contributed by atoms with van der Waals surface area (Å²) in [7, 11) is 0. The molecule has 96 valence electrons. The highest BCUT2D eigenvalue weighted by atomic mass is 15.3. The van der Waals surface area contributed by atoms with E-state index in [0.29, 0.717) is 12.1 Å². The fourth-order valence-corrected chi connectivity index (χ4v) is 2.17. The molecular formula is C16H12N4. The molecule has 3 aromatic rings. The molecule has 20 heavy (non-hydrogen) atoms. The monoisotopic (exact) mass is 260 g/mol. The van der Waals surface area contributed by atoms with Crippen LogP contribution in [0.4, 0.5) is 0 Å². The highest BCUT2D eigenvalue weighted by Gasteiger charge is 2.05. The van der Waals surface area contributed by atoms with Crippen molar-refractivity contribution in [3.05, 3.63) is 72.3 Å². The molecule has 0 atom stereocenters. The minimum atomic E-state index is 0.669. The highest BCUT2D eigenvalue weighted by molar-refractivity contribution is 5.70. The van der Waals surface area contributed by atoms with E-state index in [1.807, 2.05) is 42.5 Å². The van der Waals surface area contributed by atoms with Gasteiger partial charge >= 0.3 is 0 Å². The predicted octanol–water partition coefficient (Wildman–Crippen LogP) is 2.87. The average molecular weight is 260 g/mol. The molecule has 0 bridgehead atoms. The van der Waals surface area contributed by atoms with Gasteiger partial charge < -0.3 is 0 Å². The summed E-state index contributed by atoms with van der Waals surface area (Å²) in [5.74, 6) is 0. The van der Waals surface area contributed by atoms with Crippen LogP contribution in [-0.2, 0) is 6.54 Å². The summed E-state index contributed by atoms with van der Waals surface area (Å²) in [6.07, 6.45) is 3.21. The summed E-state index contributed by atoms with van der Waals surface area (Å²) in [5.41, 5.74) is 3.81. The second-order valence-corrected chi connectivity index (χ2v) is 4.45. The Hall–Kier alpha value is -2.93. The largest absolute Gasteiger partial charge is 0.249 e. The van der Waals surface area contributed by atoms with E-state index in [1.54, 1.807) is 11.0 Å². The fraction of sp³-hybridized carbons (Fsp3) is 0.0625. The lowest BCUT2D eigenvalue weighted by Crippen LogP contribution is -2.00. The Balaban J connectivity index is 1.97. The van der Waals surface area contributed by atoms with Gasteiger partial charge in [0.05, 0.1) is 18.2 Å². The van der Waals surface area contributed by atoms with Crippen LogP contribution in [0.1, 0.15) is 11.1 Å². The van der Waals surface area contributed by atoms with Gasteiger partial charge in [0.2, 0.25) is 0 Å². The zero-order valence-corrected chi connectivity index (χ0v) is 10.8. The highest BCUT2D eigenvalue weighted by Crippen LogP contribution is 2.24. The van der Waals surface area contributed by atoms with Gasteiger partial charge in [-0.1, -0.05) is 36.4 Å². The molecule has 0 unspecified atom stereocenters. The third-order valence-corrected chi connectivity index (χ3v) is 3.10. The van der Waals surface area contributed by atoms with E-state index >= 15 is 0 Å². The zero-order chi connectivity index (χ0) is 13.8. The molecule has 2 aromatic carbocycles. The van der Waals surface area contributed by atoms with Crippen molar-refractivity contribution in [1.82, 2.24) is 14.8 Å². The number of benzene rings is 2. The molecule has 0 saturated carbocycles. The Kier molecular flexibility index (Phi) is 3.25. The quantitative estimate of drug-likeness (QED) is 0.727. The summed E-state index contributed by atoms with van der Waals surface area (Å²) in [5, 5.41) is 13.3. The van der Waals surface area contributed by atoms with Crippen molar-refractivity contribution in [1.29, 1.82) is 5.26 Å². The number of rotatable bonds is 3. The van der Waals surface area contributed by atoms with Crippen molar-refractivity contribution in [2.45, 2.75) is 6.54 Å². The van der Waals surface area contributed by atoms with Gasteiger partial charge in [-0.05, 0) is 28.8 Å². The Labute approximate surface area is 116 Å². The molecule has 3 rings (SSSR count). The smallest absolute Gasteiger partial charge is 0.137 e. The van der Waals surface area contributed by atoms with Gasteiger partial charge in [-0.2, -0.15) is 10.4 Å². The minimum Gasteiger partial charge on any atom is -0.249 e. The Morgan fingerprint density at radius 3 is 2.80 bits per heavy atom. The second-order valence-electron chi connectivity index (χ2n) is 4.45. The third kappa shape index (κ3) is 2.43. The van der Waals surface area contributed by atoms with Crippen LogP contribution in [0.25, 0.3) is 11.1 Å². The van der Waals surface area contributed by atoms with Gasteiger partial charge in [-0.25, -0.2) is 9.67 Å². The summed E-state index contributed by atoms with van der Waals surface area (Å²) < 4.78 is 1.77.